The Morgan fingerprint density at radius 3 is 1.95 bits per heavy atom. The molecule has 6 atom stereocenters. The second-order valence-corrected chi connectivity index (χ2v) is 26.2. The van der Waals surface area contributed by atoms with E-state index in [4.69, 9.17) is 8.85 Å². The van der Waals surface area contributed by atoms with Crippen LogP contribution in [0.1, 0.15) is 113 Å². The van der Waals surface area contributed by atoms with Gasteiger partial charge in [-0.25, -0.2) is 0 Å². The largest absolute Gasteiger partial charge is 0.414 e. The van der Waals surface area contributed by atoms with Crippen LogP contribution in [0.4, 0.5) is 0 Å². The molecule has 3 fully saturated rings. The van der Waals surface area contributed by atoms with Crippen molar-refractivity contribution in [2.75, 3.05) is 0 Å². The van der Waals surface area contributed by atoms with Crippen molar-refractivity contribution >= 4 is 22.9 Å². The fourth-order valence-corrected chi connectivity index (χ4v) is 10.1. The molecule has 0 aromatic heterocycles. The minimum absolute atomic E-state index is 0.207. The predicted molar refractivity (Wildman–Crippen MR) is 172 cm³/mol. The van der Waals surface area contributed by atoms with E-state index >= 15 is 0 Å². The highest BCUT2D eigenvalue weighted by Crippen LogP contribution is 2.59. The molecule has 3 unspecified atom stereocenters. The molecule has 0 heterocycles. The van der Waals surface area contributed by atoms with Crippen molar-refractivity contribution in [3.8, 4) is 0 Å². The van der Waals surface area contributed by atoms with E-state index < -0.39 is 16.6 Å². The van der Waals surface area contributed by atoms with Gasteiger partial charge in [0.2, 0.25) is 0 Å². The fraction of sp³-hybridized carbons (Fsp3) is 0.853. The van der Waals surface area contributed by atoms with Crippen LogP contribution in [0.2, 0.25) is 36.3 Å². The molecule has 3 aliphatic rings. The maximum Gasteiger partial charge on any atom is 0.192 e. The van der Waals surface area contributed by atoms with Gasteiger partial charge in [-0.05, 0) is 111 Å². The first-order valence-electron chi connectivity index (χ1n) is 16.0. The average Bonchev–Trinajstić information content (AvgIpc) is 3.13. The maximum absolute atomic E-state index is 11.3. The zero-order valence-corrected chi connectivity index (χ0v) is 29.7. The molecule has 3 saturated carbocycles. The maximum atomic E-state index is 11.3. The molecule has 3 aliphatic carbocycles. The molecule has 5 heteroatoms. The Bertz CT molecular complexity index is 882. The summed E-state index contributed by atoms with van der Waals surface area (Å²) in [6, 6.07) is 0. The van der Waals surface area contributed by atoms with E-state index in [0.717, 1.165) is 25.5 Å². The number of carbonyl (C=O) groups excluding carboxylic acids is 1. The molecular formula is C34H62O3Si2. The molecule has 0 N–H and O–H groups in total. The third-order valence-corrected chi connectivity index (χ3v) is 20.8. The number of carbonyl (C=O) groups is 1. The van der Waals surface area contributed by atoms with E-state index in [0.29, 0.717) is 29.6 Å². The molecule has 39 heavy (non-hydrogen) atoms. The van der Waals surface area contributed by atoms with Gasteiger partial charge in [0.15, 0.2) is 16.6 Å². The lowest BCUT2D eigenvalue weighted by Crippen LogP contribution is -2.48. The van der Waals surface area contributed by atoms with Crippen LogP contribution in [0.25, 0.3) is 0 Å². The Balaban J connectivity index is 1.86. The quantitative estimate of drug-likeness (QED) is 0.214. The first kappa shape index (κ1) is 33.0. The van der Waals surface area contributed by atoms with Gasteiger partial charge in [0.05, 0.1) is 12.2 Å². The summed E-state index contributed by atoms with van der Waals surface area (Å²) < 4.78 is 14.1. The van der Waals surface area contributed by atoms with Crippen LogP contribution in [0, 0.1) is 23.2 Å². The zero-order valence-electron chi connectivity index (χ0n) is 27.7. The molecule has 0 saturated heterocycles. The third kappa shape index (κ3) is 7.48. The Morgan fingerprint density at radius 1 is 0.923 bits per heavy atom. The van der Waals surface area contributed by atoms with Crippen LogP contribution in [-0.2, 0) is 13.6 Å². The van der Waals surface area contributed by atoms with Crippen molar-refractivity contribution in [2.45, 2.75) is 162 Å². The second kappa shape index (κ2) is 12.0. The minimum Gasteiger partial charge on any atom is -0.414 e. The monoisotopic (exact) mass is 574 g/mol. The lowest BCUT2D eigenvalue weighted by Gasteiger charge is -2.45. The van der Waals surface area contributed by atoms with E-state index in [1.165, 1.54) is 37.7 Å². The Hall–Kier alpha value is -0.496. The second-order valence-electron chi connectivity index (χ2n) is 16.7. The molecule has 0 aromatic rings. The van der Waals surface area contributed by atoms with Crippen LogP contribution in [-0.4, -0.2) is 35.1 Å². The highest BCUT2D eigenvalue weighted by atomic mass is 28.4. The highest BCUT2D eigenvalue weighted by molar-refractivity contribution is 6.74. The van der Waals surface area contributed by atoms with Gasteiger partial charge >= 0.3 is 0 Å². The molecular weight excluding hydrogens is 513 g/mol. The molecule has 0 amide bonds. The van der Waals surface area contributed by atoms with Crippen molar-refractivity contribution in [3.63, 3.8) is 0 Å². The summed E-state index contributed by atoms with van der Waals surface area (Å²) in [4.78, 5) is 11.3. The van der Waals surface area contributed by atoms with Gasteiger partial charge in [-0.1, -0.05) is 78.7 Å². The summed E-state index contributed by atoms with van der Waals surface area (Å²) in [5, 5.41) is 0.414. The van der Waals surface area contributed by atoms with Crippen LogP contribution < -0.4 is 0 Å². The van der Waals surface area contributed by atoms with Gasteiger partial charge in [-0.2, -0.15) is 0 Å². The van der Waals surface area contributed by atoms with Gasteiger partial charge < -0.3 is 13.6 Å². The van der Waals surface area contributed by atoms with E-state index in [1.807, 2.05) is 0 Å². The number of aldehydes is 1. The first-order chi connectivity index (χ1) is 17.8. The molecule has 3 nitrogen and oxygen atoms in total. The molecule has 0 aromatic carbocycles. The van der Waals surface area contributed by atoms with Gasteiger partial charge in [0.25, 0.3) is 0 Å². The SMILES string of the molecule is C[C@H](CC=O)[C@H]1CCC2/C(=C/C=C3CC(O[Si](C)(C)C(C)(C)C)CC(O[Si](C)(C)C(C)(C)C)C3)CCC[C@@]21C. The van der Waals surface area contributed by atoms with Crippen LogP contribution >= 0.6 is 0 Å². The summed E-state index contributed by atoms with van der Waals surface area (Å²) in [5.74, 6) is 1.84. The number of fused-ring (bicyclic) bond motifs is 1. The summed E-state index contributed by atoms with van der Waals surface area (Å²) in [6.45, 7) is 28.5. The molecule has 0 radical (unpaired) electrons. The van der Waals surface area contributed by atoms with Crippen molar-refractivity contribution in [1.29, 1.82) is 0 Å². The Morgan fingerprint density at radius 2 is 1.46 bits per heavy atom. The van der Waals surface area contributed by atoms with E-state index in [9.17, 15) is 4.79 Å². The fourth-order valence-electron chi connectivity index (χ4n) is 7.39. The summed E-state index contributed by atoms with van der Waals surface area (Å²) in [6.07, 6.45) is 16.8. The van der Waals surface area contributed by atoms with E-state index in [-0.39, 0.29) is 22.3 Å². The Labute approximate surface area is 244 Å². The molecule has 224 valence electrons. The minimum atomic E-state index is -1.87. The molecule has 0 spiro atoms. The summed E-state index contributed by atoms with van der Waals surface area (Å²) >= 11 is 0. The third-order valence-electron chi connectivity index (χ3n) is 11.8. The van der Waals surface area contributed by atoms with Gasteiger partial charge in [0.1, 0.15) is 6.29 Å². The Kier molecular flexibility index (Phi) is 10.2. The van der Waals surface area contributed by atoms with Crippen LogP contribution in [0.5, 0.6) is 0 Å². The van der Waals surface area contributed by atoms with Crippen molar-refractivity contribution < 1.29 is 13.6 Å². The summed E-state index contributed by atoms with van der Waals surface area (Å²) in [7, 11) is -3.73. The topological polar surface area (TPSA) is 35.5 Å². The van der Waals surface area contributed by atoms with Gasteiger partial charge in [0, 0.05) is 6.42 Å². The molecule has 0 aliphatic heterocycles. The molecule has 0 bridgehead atoms. The highest BCUT2D eigenvalue weighted by Gasteiger charge is 2.50. The zero-order chi connectivity index (χ0) is 29.4. The average molecular weight is 575 g/mol. The number of hydrogen-bond donors (Lipinski definition) is 0. The van der Waals surface area contributed by atoms with Gasteiger partial charge in [-0.3, -0.25) is 0 Å². The lowest BCUT2D eigenvalue weighted by molar-refractivity contribution is -0.109. The van der Waals surface area contributed by atoms with Crippen LogP contribution in [0.15, 0.2) is 23.3 Å². The number of allylic oxidation sites excluding steroid dienone is 3. The van der Waals surface area contributed by atoms with Crippen molar-refractivity contribution in [2.24, 2.45) is 23.2 Å². The van der Waals surface area contributed by atoms with Crippen molar-refractivity contribution in [1.82, 2.24) is 0 Å². The normalized spacial score (nSPS) is 32.7. The van der Waals surface area contributed by atoms with Gasteiger partial charge in [-0.15, -0.1) is 0 Å². The smallest absolute Gasteiger partial charge is 0.192 e. The number of hydrogen-bond acceptors (Lipinski definition) is 3. The van der Waals surface area contributed by atoms with Crippen molar-refractivity contribution in [3.05, 3.63) is 23.3 Å². The standard InChI is InChI=1S/C34H62O3Si2/c1-25(19-21-35)30-17-18-31-27(14-13-20-34(30,31)8)16-15-26-22-28(36-38(9,10)32(2,3)4)24-29(23-26)37-39(11,12)33(5,6)7/h15-16,21,25,28-31H,13-14,17-20,22-24H2,1-12H3/b26-15?,27-16+/t25-,28?,29?,30-,31?,34-/m1/s1. The predicted octanol–water partition coefficient (Wildman–Crippen LogP) is 10.2. The lowest BCUT2D eigenvalue weighted by atomic mass is 9.61. The van der Waals surface area contributed by atoms with E-state index in [2.05, 4.69) is 93.7 Å². The van der Waals surface area contributed by atoms with E-state index in [1.54, 1.807) is 5.57 Å². The number of rotatable bonds is 8. The molecule has 3 rings (SSSR count). The van der Waals surface area contributed by atoms with Crippen LogP contribution in [0.3, 0.4) is 0 Å². The first-order valence-corrected chi connectivity index (χ1v) is 21.8. The summed E-state index contributed by atoms with van der Waals surface area (Å²) in [5.41, 5.74) is 3.52.